The molecule has 0 saturated carbocycles. The van der Waals surface area contributed by atoms with Gasteiger partial charge < -0.3 is 19.5 Å². The molecule has 2 aliphatic heterocycles. The average molecular weight is 695 g/mol. The number of nitrogens with one attached hydrogen (secondary N) is 1. The quantitative estimate of drug-likeness (QED) is 0.213. The molecule has 41 heavy (non-hydrogen) atoms. The van der Waals surface area contributed by atoms with Crippen LogP contribution in [-0.4, -0.2) is 50.3 Å². The van der Waals surface area contributed by atoms with Gasteiger partial charge in [0.25, 0.3) is 10.0 Å². The Bertz CT molecular complexity index is 1470. The molecule has 0 amide bonds. The zero-order valence-corrected chi connectivity index (χ0v) is 26.1. The van der Waals surface area contributed by atoms with Gasteiger partial charge in [0.2, 0.25) is 0 Å². The van der Waals surface area contributed by atoms with Crippen LogP contribution in [0.3, 0.4) is 0 Å². The van der Waals surface area contributed by atoms with E-state index < -0.39 is 15.8 Å². The molecule has 220 valence electrons. The van der Waals surface area contributed by atoms with E-state index in [1.807, 2.05) is 6.07 Å². The van der Waals surface area contributed by atoms with E-state index in [2.05, 4.69) is 9.83 Å². The first-order valence-electron chi connectivity index (χ1n) is 13.7. The average Bonchev–Trinajstić information content (AvgIpc) is 3.00. The summed E-state index contributed by atoms with van der Waals surface area (Å²) in [4.78, 5) is 0.144. The minimum absolute atomic E-state index is 0.0288. The molecule has 0 aliphatic carbocycles. The summed E-state index contributed by atoms with van der Waals surface area (Å²) in [7, 11) is -2.52. The largest absolute Gasteiger partial charge is 0.497 e. The molecular formula is C31H36FIN2O5S. The Morgan fingerprint density at radius 1 is 1.10 bits per heavy atom. The van der Waals surface area contributed by atoms with E-state index in [4.69, 9.17) is 14.2 Å². The van der Waals surface area contributed by atoms with Crippen LogP contribution in [0.5, 0.6) is 11.5 Å². The van der Waals surface area contributed by atoms with Crippen LogP contribution in [0.25, 0.3) is 0 Å². The van der Waals surface area contributed by atoms with Crippen molar-refractivity contribution in [2.75, 3.05) is 37.8 Å². The van der Waals surface area contributed by atoms with Crippen molar-refractivity contribution in [1.29, 1.82) is 0 Å². The molecule has 0 spiro atoms. The first-order chi connectivity index (χ1) is 19.9. The number of methoxy groups -OCH3 is 1. The van der Waals surface area contributed by atoms with Gasteiger partial charge in [-0.05, 0) is 84.8 Å². The van der Waals surface area contributed by atoms with Crippen molar-refractivity contribution >= 4 is 41.0 Å². The Hall–Kier alpha value is -2.54. The zero-order valence-electron chi connectivity index (χ0n) is 23.2. The second-order valence-corrected chi connectivity index (χ2v) is 14.6. The second-order valence-electron chi connectivity index (χ2n) is 10.3. The number of rotatable bonds is 11. The maximum absolute atomic E-state index is 15.7. The van der Waals surface area contributed by atoms with Crippen molar-refractivity contribution in [3.8, 4) is 11.5 Å². The number of anilines is 1. The molecule has 10 heteroatoms. The Balaban J connectivity index is 1.40. The second kappa shape index (κ2) is 13.6. The summed E-state index contributed by atoms with van der Waals surface area (Å²) in [6.45, 7) is 3.43. The van der Waals surface area contributed by atoms with Crippen molar-refractivity contribution in [1.82, 2.24) is 5.32 Å². The zero-order chi connectivity index (χ0) is 28.8. The van der Waals surface area contributed by atoms with E-state index in [0.717, 1.165) is 54.5 Å². The van der Waals surface area contributed by atoms with Crippen molar-refractivity contribution in [3.63, 3.8) is 0 Å². The number of sulfonamides is 1. The summed E-state index contributed by atoms with van der Waals surface area (Å²) in [5, 5.41) is 3.30. The normalized spacial score (nSPS) is 18.9. The third-order valence-electron chi connectivity index (χ3n) is 7.70. The van der Waals surface area contributed by atoms with Crippen molar-refractivity contribution < 1.29 is 27.0 Å². The third-order valence-corrected chi connectivity index (χ3v) is 12.0. The summed E-state index contributed by atoms with van der Waals surface area (Å²) >= 11 is -0.166. The van der Waals surface area contributed by atoms with Crippen molar-refractivity contribution in [2.45, 2.75) is 41.2 Å². The summed E-state index contributed by atoms with van der Waals surface area (Å²) in [6, 6.07) is 16.7. The van der Waals surface area contributed by atoms with Crippen LogP contribution >= 0.6 is 20.7 Å². The number of nitrogens with zero attached hydrogens (tertiary/aromatic N) is 1. The highest BCUT2D eigenvalue weighted by atomic mass is 127. The molecular weight excluding hydrogens is 658 g/mol. The number of hydrogen-bond donors (Lipinski definition) is 1. The molecule has 0 radical (unpaired) electrons. The number of alkyl halides is 1. The first kappa shape index (κ1) is 29.9. The van der Waals surface area contributed by atoms with Crippen LogP contribution in [0.1, 0.15) is 29.5 Å². The lowest BCUT2D eigenvalue weighted by Gasteiger charge is -2.28. The van der Waals surface area contributed by atoms with Gasteiger partial charge in [0.15, 0.2) is 5.82 Å². The molecule has 1 fully saturated rings. The first-order valence-corrected chi connectivity index (χ1v) is 18.0. The summed E-state index contributed by atoms with van der Waals surface area (Å²) in [6.07, 6.45) is 2.59. The van der Waals surface area contributed by atoms with Gasteiger partial charge in [-0.1, -0.05) is 22.7 Å². The predicted octanol–water partition coefficient (Wildman–Crippen LogP) is 5.45. The molecule has 5 rings (SSSR count). The molecule has 3 aromatic rings. The smallest absolute Gasteiger partial charge is 0.264 e. The van der Waals surface area contributed by atoms with E-state index >= 15 is 4.39 Å². The van der Waals surface area contributed by atoms with E-state index in [-0.39, 0.29) is 37.9 Å². The minimum Gasteiger partial charge on any atom is -0.497 e. The third kappa shape index (κ3) is 7.10. The number of ether oxygens (including phenoxy) is 3. The van der Waals surface area contributed by atoms with Crippen molar-refractivity contribution in [3.05, 3.63) is 83.2 Å². The van der Waals surface area contributed by atoms with Crippen LogP contribution in [-0.2, 0) is 34.3 Å². The van der Waals surface area contributed by atoms with E-state index in [9.17, 15) is 8.42 Å². The fourth-order valence-corrected chi connectivity index (χ4v) is 8.75. The highest BCUT2D eigenvalue weighted by Crippen LogP contribution is 2.33. The maximum Gasteiger partial charge on any atom is 0.264 e. The lowest BCUT2D eigenvalue weighted by Crippen LogP contribution is -2.32. The van der Waals surface area contributed by atoms with Gasteiger partial charge in [0, 0.05) is 23.1 Å². The number of hydrogen-bond acceptors (Lipinski definition) is 6. The fraction of sp³-hybridized carbons (Fsp3) is 0.387. The number of benzene rings is 3. The van der Waals surface area contributed by atoms with Crippen LogP contribution in [0, 0.1) is 11.7 Å². The highest BCUT2D eigenvalue weighted by Gasteiger charge is 2.29. The molecule has 1 saturated heterocycles. The predicted molar refractivity (Wildman–Crippen MR) is 169 cm³/mol. The molecule has 0 aromatic heterocycles. The van der Waals surface area contributed by atoms with Gasteiger partial charge in [-0.3, -0.25) is 4.31 Å². The summed E-state index contributed by atoms with van der Waals surface area (Å²) < 4.78 is 66.4. The van der Waals surface area contributed by atoms with Crippen LogP contribution < -0.4 is 19.1 Å². The molecule has 7 nitrogen and oxygen atoms in total. The lowest BCUT2D eigenvalue weighted by atomic mass is 9.97. The number of fused-ring (bicyclic) bond motifs is 1. The van der Waals surface area contributed by atoms with Gasteiger partial charge >= 0.3 is 0 Å². The molecule has 1 N–H and O–H groups in total. The van der Waals surface area contributed by atoms with Crippen LogP contribution in [0.2, 0.25) is 0 Å². The Morgan fingerprint density at radius 2 is 1.90 bits per heavy atom. The minimum atomic E-state index is -4.09. The lowest BCUT2D eigenvalue weighted by molar-refractivity contribution is 0.0693. The number of halogens is 2. The molecule has 2 aliphatic rings. The molecule has 2 atom stereocenters. The van der Waals surface area contributed by atoms with Gasteiger partial charge in [0.1, 0.15) is 11.5 Å². The fourth-order valence-electron chi connectivity index (χ4n) is 5.29. The van der Waals surface area contributed by atoms with Crippen LogP contribution in [0.4, 0.5) is 10.1 Å². The topological polar surface area (TPSA) is 77.1 Å². The molecule has 3 aromatic carbocycles. The molecule has 0 bridgehead atoms. The van der Waals surface area contributed by atoms with Gasteiger partial charge in [0.05, 0.1) is 37.5 Å². The Kier molecular flexibility index (Phi) is 9.95. The van der Waals surface area contributed by atoms with Gasteiger partial charge in [-0.2, -0.15) is 0 Å². The standard InChI is InChI=1S/C31H36FIN2O5S/c1-33-30-21-39-15-12-23(30)13-16-40-27-8-10-31(29(32)18-27)35(20-22-3-6-26(38-2)7-4-22)41(36,37)28-9-5-25-19-34-14-11-24(25)17-28/h3-10,17-18,23,30,34H,1,11-16,19-21H2,2H3/t23?,30-/m1/s1. The maximum atomic E-state index is 15.7. The van der Waals surface area contributed by atoms with E-state index in [1.165, 1.54) is 12.1 Å². The SMILES string of the molecule is C=I[C@@H]1COCCC1CCOc1ccc(N(Cc2ccc(OC)cc2)S(=O)(=O)c2ccc3c(c2)CCNC3)c(F)c1. The van der Waals surface area contributed by atoms with E-state index in [0.29, 0.717) is 40.1 Å². The van der Waals surface area contributed by atoms with Crippen molar-refractivity contribution in [2.24, 2.45) is 5.92 Å². The van der Waals surface area contributed by atoms with E-state index in [1.54, 1.807) is 49.6 Å². The van der Waals surface area contributed by atoms with Gasteiger partial charge in [-0.25, -0.2) is 12.8 Å². The van der Waals surface area contributed by atoms with Crippen LogP contribution in [0.15, 0.2) is 65.6 Å². The monoisotopic (exact) mass is 694 g/mol. The summed E-state index contributed by atoms with van der Waals surface area (Å²) in [5.41, 5.74) is 2.74. The molecule has 1 unspecified atom stereocenters. The molecule has 2 heterocycles. The summed E-state index contributed by atoms with van der Waals surface area (Å²) in [5.74, 6) is 0.885. The Morgan fingerprint density at radius 3 is 2.66 bits per heavy atom. The van der Waals surface area contributed by atoms with Gasteiger partial charge in [-0.15, -0.1) is 20.7 Å². The highest BCUT2D eigenvalue weighted by molar-refractivity contribution is 14.2. The Labute approximate surface area is 251 Å².